The second-order valence-corrected chi connectivity index (χ2v) is 8.65. The van der Waals surface area contributed by atoms with Crippen molar-refractivity contribution < 1.29 is 19.7 Å². The van der Waals surface area contributed by atoms with E-state index in [0.717, 1.165) is 30.8 Å². The lowest BCUT2D eigenvalue weighted by atomic mass is 10.0. The number of hydrogen-bond acceptors (Lipinski definition) is 4. The second-order valence-electron chi connectivity index (χ2n) is 8.65. The molecule has 0 saturated heterocycles. The zero-order valence-corrected chi connectivity index (χ0v) is 22.4. The smallest absolute Gasteiger partial charge is 0.140 e. The van der Waals surface area contributed by atoms with Crippen molar-refractivity contribution in [1.29, 1.82) is 0 Å². The maximum Gasteiger partial charge on any atom is 0.140 e. The highest BCUT2D eigenvalue weighted by atomic mass is 16.5. The molecule has 192 valence electrons. The molecule has 0 spiro atoms. The molecule has 0 aromatic heterocycles. The first-order valence-corrected chi connectivity index (χ1v) is 12.6. The maximum atomic E-state index is 7.12. The molecule has 4 nitrogen and oxygen atoms in total. The van der Waals surface area contributed by atoms with Crippen LogP contribution in [0.3, 0.4) is 0 Å². The van der Waals surface area contributed by atoms with E-state index in [2.05, 4.69) is 90.1 Å². The highest BCUT2D eigenvalue weighted by Gasteiger charge is 2.08. The molecular weight excluding hydrogens is 436 g/mol. The van der Waals surface area contributed by atoms with E-state index in [-0.39, 0.29) is 6.10 Å². The third-order valence-corrected chi connectivity index (χ3v) is 5.54. The molecule has 4 heteroatoms. The Balaban J connectivity index is 0.000000510. The van der Waals surface area contributed by atoms with Crippen molar-refractivity contribution in [3.63, 3.8) is 0 Å². The molecule has 0 aliphatic heterocycles. The summed E-state index contributed by atoms with van der Waals surface area (Å²) in [5.41, 5.74) is 6.60. The molecule has 2 N–H and O–H groups in total. The number of aliphatic hydroxyl groups excluding tert-OH is 1. The van der Waals surface area contributed by atoms with Crippen molar-refractivity contribution in [3.8, 4) is 11.5 Å². The molecule has 0 bridgehead atoms. The molecule has 0 heterocycles. The number of rotatable bonds is 9. The zero-order valence-electron chi connectivity index (χ0n) is 22.4. The summed E-state index contributed by atoms with van der Waals surface area (Å²) < 4.78 is 12.0. The average molecular weight is 481 g/mol. The molecule has 3 rings (SSSR count). The highest BCUT2D eigenvalue weighted by molar-refractivity contribution is 5.36. The SMILES string of the molecule is CCCc1ccc(OCCC(C)Oc2ccc(CC)cc2C)cc1C.Cc1ccccc1.OCO. The van der Waals surface area contributed by atoms with Crippen molar-refractivity contribution in [2.75, 3.05) is 13.4 Å². The molecule has 35 heavy (non-hydrogen) atoms. The minimum atomic E-state index is -0.750. The van der Waals surface area contributed by atoms with Gasteiger partial charge in [0, 0.05) is 6.42 Å². The van der Waals surface area contributed by atoms with E-state index in [1.807, 2.05) is 18.2 Å². The molecular formula is C31H44O4. The fourth-order valence-electron chi connectivity index (χ4n) is 3.52. The van der Waals surface area contributed by atoms with Crippen LogP contribution in [0.25, 0.3) is 0 Å². The van der Waals surface area contributed by atoms with E-state index in [1.165, 1.54) is 34.2 Å². The van der Waals surface area contributed by atoms with Crippen molar-refractivity contribution in [2.45, 2.75) is 73.3 Å². The Bertz CT molecular complexity index is 953. The van der Waals surface area contributed by atoms with Gasteiger partial charge in [-0.2, -0.15) is 0 Å². The summed E-state index contributed by atoms with van der Waals surface area (Å²) in [7, 11) is 0. The van der Waals surface area contributed by atoms with Gasteiger partial charge in [-0.05, 0) is 81.0 Å². The maximum absolute atomic E-state index is 7.12. The van der Waals surface area contributed by atoms with Gasteiger partial charge in [0.2, 0.25) is 0 Å². The number of ether oxygens (including phenoxy) is 2. The summed E-state index contributed by atoms with van der Waals surface area (Å²) in [4.78, 5) is 0. The summed E-state index contributed by atoms with van der Waals surface area (Å²) in [6, 6.07) is 23.1. The van der Waals surface area contributed by atoms with Crippen LogP contribution in [0.2, 0.25) is 0 Å². The lowest BCUT2D eigenvalue weighted by Gasteiger charge is -2.17. The standard InChI is InChI=1S/C23H32O2.C7H8.CH4O2/c1-6-8-21-10-11-22(16-17(21)3)24-14-13-19(5)25-23-12-9-20(7-2)15-18(23)4;1-7-5-3-2-4-6-7;2-1-3/h9-12,15-16,19H,6-8,13-14H2,1-5H3;2-6H,1H3;2-3H,1H2. The van der Waals surface area contributed by atoms with Gasteiger partial charge in [-0.25, -0.2) is 0 Å². The van der Waals surface area contributed by atoms with Gasteiger partial charge in [-0.15, -0.1) is 0 Å². The Morgan fingerprint density at radius 2 is 1.51 bits per heavy atom. The van der Waals surface area contributed by atoms with Crippen molar-refractivity contribution >= 4 is 0 Å². The van der Waals surface area contributed by atoms with Gasteiger partial charge in [0.25, 0.3) is 0 Å². The fourth-order valence-corrected chi connectivity index (χ4v) is 3.52. The monoisotopic (exact) mass is 480 g/mol. The third-order valence-electron chi connectivity index (χ3n) is 5.54. The van der Waals surface area contributed by atoms with Gasteiger partial charge in [-0.1, -0.05) is 74.4 Å². The van der Waals surface area contributed by atoms with Gasteiger partial charge in [0.05, 0.1) is 12.7 Å². The minimum Gasteiger partial charge on any atom is -0.493 e. The van der Waals surface area contributed by atoms with Crippen LogP contribution in [-0.4, -0.2) is 29.7 Å². The summed E-state index contributed by atoms with van der Waals surface area (Å²) >= 11 is 0. The zero-order chi connectivity index (χ0) is 26.1. The molecule has 0 fully saturated rings. The van der Waals surface area contributed by atoms with Crippen LogP contribution >= 0.6 is 0 Å². The molecule has 0 radical (unpaired) electrons. The number of aryl methyl sites for hydroxylation is 5. The van der Waals surface area contributed by atoms with Crippen molar-refractivity contribution in [1.82, 2.24) is 0 Å². The fraction of sp³-hybridized carbons (Fsp3) is 0.419. The summed E-state index contributed by atoms with van der Waals surface area (Å²) in [6.45, 7) is 12.8. The van der Waals surface area contributed by atoms with E-state index in [4.69, 9.17) is 19.7 Å². The predicted molar refractivity (Wildman–Crippen MR) is 146 cm³/mol. The van der Waals surface area contributed by atoms with Crippen LogP contribution < -0.4 is 9.47 Å². The van der Waals surface area contributed by atoms with Crippen molar-refractivity contribution in [3.05, 3.63) is 94.5 Å². The van der Waals surface area contributed by atoms with Crippen LogP contribution in [0.1, 0.15) is 61.4 Å². The highest BCUT2D eigenvalue weighted by Crippen LogP contribution is 2.22. The van der Waals surface area contributed by atoms with Crippen LogP contribution in [0, 0.1) is 20.8 Å². The largest absolute Gasteiger partial charge is 0.493 e. The van der Waals surface area contributed by atoms with E-state index < -0.39 is 6.79 Å². The third kappa shape index (κ3) is 12.4. The van der Waals surface area contributed by atoms with Crippen molar-refractivity contribution in [2.24, 2.45) is 0 Å². The second kappa shape index (κ2) is 17.6. The van der Waals surface area contributed by atoms with Crippen LogP contribution in [0.5, 0.6) is 11.5 Å². The first-order valence-electron chi connectivity index (χ1n) is 12.6. The first kappa shape index (κ1) is 30.2. The average Bonchev–Trinajstić information content (AvgIpc) is 2.83. The Kier molecular flexibility index (Phi) is 15.2. The molecule has 1 unspecified atom stereocenters. The topological polar surface area (TPSA) is 58.9 Å². The molecule has 0 aliphatic carbocycles. The van der Waals surface area contributed by atoms with E-state index in [9.17, 15) is 0 Å². The Morgan fingerprint density at radius 1 is 0.829 bits per heavy atom. The van der Waals surface area contributed by atoms with Crippen LogP contribution in [-0.2, 0) is 12.8 Å². The Hall–Kier alpha value is -2.82. The lowest BCUT2D eigenvalue weighted by Crippen LogP contribution is -2.16. The number of benzene rings is 3. The van der Waals surface area contributed by atoms with Gasteiger partial charge < -0.3 is 19.7 Å². The van der Waals surface area contributed by atoms with E-state index in [0.29, 0.717) is 6.61 Å². The molecule has 1 atom stereocenters. The van der Waals surface area contributed by atoms with Gasteiger partial charge in [0.1, 0.15) is 18.3 Å². The summed E-state index contributed by atoms with van der Waals surface area (Å²) in [6.07, 6.45) is 4.36. The van der Waals surface area contributed by atoms with E-state index >= 15 is 0 Å². The van der Waals surface area contributed by atoms with Crippen LogP contribution in [0.4, 0.5) is 0 Å². The van der Waals surface area contributed by atoms with Crippen LogP contribution in [0.15, 0.2) is 66.7 Å². The number of hydrogen-bond donors (Lipinski definition) is 2. The molecule has 0 amide bonds. The summed E-state index contributed by atoms with van der Waals surface area (Å²) in [5, 5.41) is 14.2. The van der Waals surface area contributed by atoms with Gasteiger partial charge >= 0.3 is 0 Å². The quantitative estimate of drug-likeness (QED) is 0.324. The first-order chi connectivity index (χ1) is 16.8. The summed E-state index contributed by atoms with van der Waals surface area (Å²) in [5.74, 6) is 1.93. The molecule has 3 aromatic carbocycles. The normalized spacial score (nSPS) is 10.9. The predicted octanol–water partition coefficient (Wildman–Crippen LogP) is 6.98. The van der Waals surface area contributed by atoms with Gasteiger partial charge in [-0.3, -0.25) is 0 Å². The van der Waals surface area contributed by atoms with Gasteiger partial charge in [0.15, 0.2) is 0 Å². The molecule has 0 aliphatic rings. The Morgan fingerprint density at radius 3 is 2.03 bits per heavy atom. The molecule has 0 saturated carbocycles. The molecule has 3 aromatic rings. The van der Waals surface area contributed by atoms with E-state index in [1.54, 1.807) is 0 Å². The number of aliphatic hydroxyl groups is 2. The Labute approximate surface area is 212 Å². The lowest BCUT2D eigenvalue weighted by molar-refractivity contribution is 0.0773. The minimum absolute atomic E-state index is 0.131.